The van der Waals surface area contributed by atoms with Gasteiger partial charge in [-0.15, -0.1) is 6.58 Å². The Bertz CT molecular complexity index is 393. The molecule has 0 aliphatic rings. The summed E-state index contributed by atoms with van der Waals surface area (Å²) >= 11 is 0. The molecule has 110 valence electrons. The summed E-state index contributed by atoms with van der Waals surface area (Å²) in [4.78, 5) is 12.6. The second-order valence-electron chi connectivity index (χ2n) is 5.63. The SMILES string of the molecule is C=CCCCCCC(=O)C(c1ccccc1)C(C)CC. The molecule has 1 nitrogen and oxygen atoms in total. The van der Waals surface area contributed by atoms with Crippen molar-refractivity contribution in [3.8, 4) is 0 Å². The van der Waals surface area contributed by atoms with Crippen molar-refractivity contribution in [2.75, 3.05) is 0 Å². The molecule has 0 aliphatic heterocycles. The summed E-state index contributed by atoms with van der Waals surface area (Å²) in [7, 11) is 0. The van der Waals surface area contributed by atoms with Gasteiger partial charge < -0.3 is 0 Å². The second kappa shape index (κ2) is 9.52. The topological polar surface area (TPSA) is 17.1 Å². The average molecular weight is 272 g/mol. The molecule has 20 heavy (non-hydrogen) atoms. The van der Waals surface area contributed by atoms with Gasteiger partial charge in [0.05, 0.1) is 0 Å². The molecule has 0 bridgehead atoms. The predicted molar refractivity (Wildman–Crippen MR) is 86.9 cm³/mol. The van der Waals surface area contributed by atoms with E-state index in [-0.39, 0.29) is 5.92 Å². The fourth-order valence-electron chi connectivity index (χ4n) is 2.65. The normalized spacial score (nSPS) is 13.7. The van der Waals surface area contributed by atoms with Crippen molar-refractivity contribution >= 4 is 5.78 Å². The Morgan fingerprint density at radius 3 is 2.50 bits per heavy atom. The molecular formula is C19H28O. The van der Waals surface area contributed by atoms with Gasteiger partial charge in [0, 0.05) is 12.3 Å². The van der Waals surface area contributed by atoms with Gasteiger partial charge in [0.15, 0.2) is 0 Å². The molecule has 0 amide bonds. The third-order valence-corrected chi connectivity index (χ3v) is 4.05. The Hall–Kier alpha value is -1.37. The van der Waals surface area contributed by atoms with Gasteiger partial charge in [-0.1, -0.05) is 63.1 Å². The highest BCUT2D eigenvalue weighted by atomic mass is 16.1. The highest BCUT2D eigenvalue weighted by Crippen LogP contribution is 2.29. The standard InChI is InChI=1S/C19H28O/c1-4-6-7-8-12-15-18(20)19(16(3)5-2)17-13-10-9-11-14-17/h4,9-11,13-14,16,19H,1,5-8,12,15H2,2-3H3. The molecule has 0 saturated carbocycles. The van der Waals surface area contributed by atoms with Crippen molar-refractivity contribution in [1.29, 1.82) is 0 Å². The van der Waals surface area contributed by atoms with E-state index in [4.69, 9.17) is 0 Å². The number of hydrogen-bond acceptors (Lipinski definition) is 1. The van der Waals surface area contributed by atoms with Gasteiger partial charge in [0.1, 0.15) is 5.78 Å². The molecule has 1 aromatic carbocycles. The van der Waals surface area contributed by atoms with Crippen molar-refractivity contribution in [3.05, 3.63) is 48.6 Å². The Morgan fingerprint density at radius 2 is 1.90 bits per heavy atom. The van der Waals surface area contributed by atoms with E-state index in [9.17, 15) is 4.79 Å². The summed E-state index contributed by atoms with van der Waals surface area (Å²) in [5.41, 5.74) is 1.18. The minimum Gasteiger partial charge on any atom is -0.299 e. The Balaban J connectivity index is 2.60. The average Bonchev–Trinajstić information content (AvgIpc) is 2.48. The van der Waals surface area contributed by atoms with E-state index < -0.39 is 0 Å². The van der Waals surface area contributed by atoms with E-state index in [0.29, 0.717) is 18.1 Å². The number of Topliss-reactive ketones (excluding diaryl/α,β-unsaturated/α-hetero) is 1. The van der Waals surface area contributed by atoms with Crippen LogP contribution in [0.3, 0.4) is 0 Å². The van der Waals surface area contributed by atoms with Crippen LogP contribution in [0.15, 0.2) is 43.0 Å². The van der Waals surface area contributed by atoms with Crippen molar-refractivity contribution in [3.63, 3.8) is 0 Å². The first-order valence-corrected chi connectivity index (χ1v) is 7.89. The minimum absolute atomic E-state index is 0.0700. The molecule has 2 atom stereocenters. The maximum absolute atomic E-state index is 12.6. The highest BCUT2D eigenvalue weighted by Gasteiger charge is 2.24. The van der Waals surface area contributed by atoms with Gasteiger partial charge in [-0.25, -0.2) is 0 Å². The lowest BCUT2D eigenvalue weighted by Gasteiger charge is -2.22. The van der Waals surface area contributed by atoms with E-state index in [1.54, 1.807) is 0 Å². The molecule has 0 aliphatic carbocycles. The van der Waals surface area contributed by atoms with Crippen LogP contribution in [0.1, 0.15) is 63.9 Å². The number of ketones is 1. The smallest absolute Gasteiger partial charge is 0.140 e. The van der Waals surface area contributed by atoms with E-state index in [1.807, 2.05) is 24.3 Å². The summed E-state index contributed by atoms with van der Waals surface area (Å²) in [6, 6.07) is 10.2. The summed E-state index contributed by atoms with van der Waals surface area (Å²) in [6.07, 6.45) is 8.04. The zero-order chi connectivity index (χ0) is 14.8. The predicted octanol–water partition coefficient (Wildman–Crippen LogP) is 5.52. The number of carbonyl (C=O) groups excluding carboxylic acids is 1. The molecule has 1 rings (SSSR count). The molecule has 0 spiro atoms. The van der Waals surface area contributed by atoms with Crippen LogP contribution in [0.2, 0.25) is 0 Å². The molecule has 1 aromatic rings. The molecule has 0 saturated heterocycles. The first-order chi connectivity index (χ1) is 9.70. The van der Waals surface area contributed by atoms with E-state index in [1.165, 1.54) is 5.56 Å². The Morgan fingerprint density at radius 1 is 1.20 bits per heavy atom. The van der Waals surface area contributed by atoms with Gasteiger partial charge in [-0.3, -0.25) is 4.79 Å². The zero-order valence-corrected chi connectivity index (χ0v) is 13.0. The molecule has 0 aromatic heterocycles. The van der Waals surface area contributed by atoms with Gasteiger partial charge in [0.2, 0.25) is 0 Å². The number of hydrogen-bond donors (Lipinski definition) is 0. The van der Waals surface area contributed by atoms with Gasteiger partial charge in [-0.2, -0.15) is 0 Å². The van der Waals surface area contributed by atoms with Crippen molar-refractivity contribution in [2.45, 2.75) is 58.3 Å². The number of rotatable bonds is 10. The van der Waals surface area contributed by atoms with Crippen LogP contribution in [0.25, 0.3) is 0 Å². The van der Waals surface area contributed by atoms with Gasteiger partial charge in [0.25, 0.3) is 0 Å². The maximum Gasteiger partial charge on any atom is 0.140 e. The lowest BCUT2D eigenvalue weighted by Crippen LogP contribution is -2.19. The van der Waals surface area contributed by atoms with Crippen LogP contribution in [0, 0.1) is 5.92 Å². The Kier molecular flexibility index (Phi) is 7.94. The van der Waals surface area contributed by atoms with Gasteiger partial charge in [-0.05, 0) is 30.7 Å². The van der Waals surface area contributed by atoms with Crippen molar-refractivity contribution in [2.24, 2.45) is 5.92 Å². The number of unbranched alkanes of at least 4 members (excludes halogenated alkanes) is 3. The minimum atomic E-state index is 0.0700. The molecule has 0 heterocycles. The van der Waals surface area contributed by atoms with Crippen molar-refractivity contribution < 1.29 is 4.79 Å². The van der Waals surface area contributed by atoms with Crippen molar-refractivity contribution in [1.82, 2.24) is 0 Å². The van der Waals surface area contributed by atoms with Crippen LogP contribution >= 0.6 is 0 Å². The van der Waals surface area contributed by atoms with Crippen LogP contribution in [-0.2, 0) is 4.79 Å². The van der Waals surface area contributed by atoms with Crippen LogP contribution in [-0.4, -0.2) is 5.78 Å². The zero-order valence-electron chi connectivity index (χ0n) is 13.0. The highest BCUT2D eigenvalue weighted by molar-refractivity contribution is 5.86. The molecular weight excluding hydrogens is 244 g/mol. The monoisotopic (exact) mass is 272 g/mol. The fraction of sp³-hybridized carbons (Fsp3) is 0.526. The van der Waals surface area contributed by atoms with E-state index in [2.05, 4.69) is 32.6 Å². The number of allylic oxidation sites excluding steroid dienone is 1. The number of benzene rings is 1. The van der Waals surface area contributed by atoms with Crippen LogP contribution < -0.4 is 0 Å². The lowest BCUT2D eigenvalue weighted by molar-refractivity contribution is -0.121. The first-order valence-electron chi connectivity index (χ1n) is 7.89. The second-order valence-corrected chi connectivity index (χ2v) is 5.63. The summed E-state index contributed by atoms with van der Waals surface area (Å²) in [6.45, 7) is 8.08. The lowest BCUT2D eigenvalue weighted by atomic mass is 9.81. The summed E-state index contributed by atoms with van der Waals surface area (Å²) in [5.74, 6) is 0.892. The number of carbonyl (C=O) groups is 1. The fourth-order valence-corrected chi connectivity index (χ4v) is 2.65. The molecule has 1 heteroatoms. The largest absolute Gasteiger partial charge is 0.299 e. The van der Waals surface area contributed by atoms with Crippen LogP contribution in [0.5, 0.6) is 0 Å². The van der Waals surface area contributed by atoms with E-state index >= 15 is 0 Å². The third-order valence-electron chi connectivity index (χ3n) is 4.05. The van der Waals surface area contributed by atoms with E-state index in [0.717, 1.165) is 32.1 Å². The molecule has 0 radical (unpaired) electrons. The summed E-state index contributed by atoms with van der Waals surface area (Å²) in [5, 5.41) is 0. The quantitative estimate of drug-likeness (QED) is 0.405. The first kappa shape index (κ1) is 16.7. The maximum atomic E-state index is 12.6. The molecule has 0 N–H and O–H groups in total. The summed E-state index contributed by atoms with van der Waals surface area (Å²) < 4.78 is 0. The third kappa shape index (κ3) is 5.32. The molecule has 2 unspecified atom stereocenters. The van der Waals surface area contributed by atoms with Gasteiger partial charge >= 0.3 is 0 Å². The molecule has 0 fully saturated rings. The Labute approximate surface area is 124 Å². The van der Waals surface area contributed by atoms with Crippen LogP contribution in [0.4, 0.5) is 0 Å².